The summed E-state index contributed by atoms with van der Waals surface area (Å²) in [4.78, 5) is 4.27. The van der Waals surface area contributed by atoms with Crippen molar-refractivity contribution in [2.45, 2.75) is 0 Å². The molecule has 2 heterocycles. The van der Waals surface area contributed by atoms with Gasteiger partial charge in [-0.3, -0.25) is 0 Å². The molecule has 1 aromatic carbocycles. The molecule has 0 atom stereocenters. The minimum atomic E-state index is 0.572. The van der Waals surface area contributed by atoms with Gasteiger partial charge in [-0.1, -0.05) is 17.3 Å². The molecule has 0 saturated carbocycles. The molecular formula is C12H7N5. The summed E-state index contributed by atoms with van der Waals surface area (Å²) in [5.74, 6) is 0.622. The number of nitrogens with zero attached hydrogens (tertiary/aromatic N) is 5. The summed E-state index contributed by atoms with van der Waals surface area (Å²) in [6, 6.07) is 11.3. The van der Waals surface area contributed by atoms with Crippen LogP contribution in [0.4, 0.5) is 0 Å². The molecule has 3 aromatic rings. The highest BCUT2D eigenvalue weighted by molar-refractivity contribution is 5.66. The molecule has 0 N–H and O–H groups in total. The number of aromatic nitrogens is 4. The maximum absolute atomic E-state index is 9.08. The predicted molar refractivity (Wildman–Crippen MR) is 60.9 cm³/mol. The first-order valence-electron chi connectivity index (χ1n) is 5.05. The van der Waals surface area contributed by atoms with Crippen LogP contribution in [0.25, 0.3) is 16.9 Å². The molecule has 0 spiro atoms. The summed E-state index contributed by atoms with van der Waals surface area (Å²) in [6.07, 6.45) is 3.34. The number of rotatable bonds is 1. The summed E-state index contributed by atoms with van der Waals surface area (Å²) >= 11 is 0. The van der Waals surface area contributed by atoms with E-state index in [1.165, 1.54) is 0 Å². The van der Waals surface area contributed by atoms with Crippen LogP contribution in [0.3, 0.4) is 0 Å². The van der Waals surface area contributed by atoms with Gasteiger partial charge in [-0.05, 0) is 18.2 Å². The SMILES string of the molecule is N#Cc1ccccc1-c1nccc2cnnn12. The van der Waals surface area contributed by atoms with Crippen LogP contribution in [0.1, 0.15) is 5.56 Å². The molecule has 0 aliphatic carbocycles. The van der Waals surface area contributed by atoms with Gasteiger partial charge in [-0.2, -0.15) is 9.78 Å². The summed E-state index contributed by atoms with van der Waals surface area (Å²) in [5, 5.41) is 16.9. The van der Waals surface area contributed by atoms with Gasteiger partial charge >= 0.3 is 0 Å². The van der Waals surface area contributed by atoms with Gasteiger partial charge in [-0.15, -0.1) is 5.10 Å². The van der Waals surface area contributed by atoms with E-state index in [2.05, 4.69) is 21.4 Å². The molecule has 0 amide bonds. The molecule has 0 aliphatic heterocycles. The number of nitriles is 1. The second kappa shape index (κ2) is 3.68. The molecule has 80 valence electrons. The Balaban J connectivity index is 2.35. The van der Waals surface area contributed by atoms with Gasteiger partial charge in [0.1, 0.15) is 0 Å². The Labute approximate surface area is 97.0 Å². The largest absolute Gasteiger partial charge is 0.236 e. The second-order valence-electron chi connectivity index (χ2n) is 3.50. The van der Waals surface area contributed by atoms with Crippen molar-refractivity contribution in [2.75, 3.05) is 0 Å². The predicted octanol–water partition coefficient (Wildman–Crippen LogP) is 1.66. The van der Waals surface area contributed by atoms with E-state index in [4.69, 9.17) is 5.26 Å². The van der Waals surface area contributed by atoms with Crippen LogP contribution in [-0.4, -0.2) is 19.8 Å². The van der Waals surface area contributed by atoms with Crippen molar-refractivity contribution in [1.29, 1.82) is 5.26 Å². The first-order chi connectivity index (χ1) is 8.40. The van der Waals surface area contributed by atoms with Crippen LogP contribution >= 0.6 is 0 Å². The molecular weight excluding hydrogens is 214 g/mol. The van der Waals surface area contributed by atoms with E-state index in [-0.39, 0.29) is 0 Å². The summed E-state index contributed by atoms with van der Waals surface area (Å²) < 4.78 is 1.62. The molecule has 5 heteroatoms. The van der Waals surface area contributed by atoms with Gasteiger partial charge < -0.3 is 0 Å². The van der Waals surface area contributed by atoms with Gasteiger partial charge in [-0.25, -0.2) is 4.98 Å². The Morgan fingerprint density at radius 3 is 2.94 bits per heavy atom. The number of hydrogen-bond donors (Lipinski definition) is 0. The lowest BCUT2D eigenvalue weighted by Gasteiger charge is -2.04. The topological polar surface area (TPSA) is 66.9 Å². The average Bonchev–Trinajstić information content (AvgIpc) is 2.86. The minimum Gasteiger partial charge on any atom is -0.236 e. The molecule has 17 heavy (non-hydrogen) atoms. The highest BCUT2D eigenvalue weighted by atomic mass is 15.4. The summed E-state index contributed by atoms with van der Waals surface area (Å²) in [5.41, 5.74) is 2.18. The molecule has 0 unspecified atom stereocenters. The van der Waals surface area contributed by atoms with Crippen molar-refractivity contribution >= 4 is 5.52 Å². The van der Waals surface area contributed by atoms with Crippen molar-refractivity contribution in [2.24, 2.45) is 0 Å². The van der Waals surface area contributed by atoms with E-state index in [0.717, 1.165) is 11.1 Å². The fourth-order valence-electron chi connectivity index (χ4n) is 1.72. The lowest BCUT2D eigenvalue weighted by Crippen LogP contribution is -1.98. The quantitative estimate of drug-likeness (QED) is 0.626. The van der Waals surface area contributed by atoms with Crippen molar-refractivity contribution in [3.8, 4) is 17.5 Å². The third-order valence-electron chi connectivity index (χ3n) is 2.51. The monoisotopic (exact) mass is 221 g/mol. The van der Waals surface area contributed by atoms with E-state index < -0.39 is 0 Å². The molecule has 0 radical (unpaired) electrons. The minimum absolute atomic E-state index is 0.572. The van der Waals surface area contributed by atoms with Crippen LogP contribution in [0.15, 0.2) is 42.7 Å². The standard InChI is InChI=1S/C12H7N5/c13-7-9-3-1-2-4-11(9)12-14-6-5-10-8-15-16-17(10)12/h1-6,8H. The maximum atomic E-state index is 9.08. The van der Waals surface area contributed by atoms with Gasteiger partial charge in [0.15, 0.2) is 5.82 Å². The Kier molecular flexibility index (Phi) is 2.06. The van der Waals surface area contributed by atoms with E-state index in [1.807, 2.05) is 24.3 Å². The van der Waals surface area contributed by atoms with Gasteiger partial charge in [0.05, 0.1) is 23.3 Å². The van der Waals surface area contributed by atoms with Crippen LogP contribution < -0.4 is 0 Å². The van der Waals surface area contributed by atoms with Crippen molar-refractivity contribution in [3.05, 3.63) is 48.3 Å². The van der Waals surface area contributed by atoms with Crippen molar-refractivity contribution in [3.63, 3.8) is 0 Å². The smallest absolute Gasteiger partial charge is 0.164 e. The molecule has 0 aliphatic rings. The number of hydrogen-bond acceptors (Lipinski definition) is 4. The van der Waals surface area contributed by atoms with Crippen LogP contribution in [0, 0.1) is 11.3 Å². The molecule has 2 aromatic heterocycles. The van der Waals surface area contributed by atoms with Gasteiger partial charge in [0.2, 0.25) is 0 Å². The van der Waals surface area contributed by atoms with E-state index >= 15 is 0 Å². The van der Waals surface area contributed by atoms with E-state index in [0.29, 0.717) is 11.4 Å². The number of benzene rings is 1. The molecule has 0 saturated heterocycles. The van der Waals surface area contributed by atoms with E-state index in [1.54, 1.807) is 23.0 Å². The summed E-state index contributed by atoms with van der Waals surface area (Å²) in [6.45, 7) is 0. The molecule has 0 bridgehead atoms. The van der Waals surface area contributed by atoms with Crippen molar-refractivity contribution in [1.82, 2.24) is 19.8 Å². The second-order valence-corrected chi connectivity index (χ2v) is 3.50. The zero-order valence-electron chi connectivity index (χ0n) is 8.78. The Morgan fingerprint density at radius 1 is 1.18 bits per heavy atom. The number of fused-ring (bicyclic) bond motifs is 1. The Morgan fingerprint density at radius 2 is 2.06 bits per heavy atom. The highest BCUT2D eigenvalue weighted by Crippen LogP contribution is 2.20. The van der Waals surface area contributed by atoms with Crippen LogP contribution in [0.5, 0.6) is 0 Å². The zero-order valence-corrected chi connectivity index (χ0v) is 8.78. The third-order valence-corrected chi connectivity index (χ3v) is 2.51. The lowest BCUT2D eigenvalue weighted by molar-refractivity contribution is 0.843. The fourth-order valence-corrected chi connectivity index (χ4v) is 1.72. The van der Waals surface area contributed by atoms with Gasteiger partial charge in [0.25, 0.3) is 0 Å². The molecule has 0 fully saturated rings. The first-order valence-corrected chi connectivity index (χ1v) is 5.05. The zero-order chi connectivity index (χ0) is 11.7. The molecule has 5 nitrogen and oxygen atoms in total. The Bertz CT molecular complexity index is 723. The fraction of sp³-hybridized carbons (Fsp3) is 0. The van der Waals surface area contributed by atoms with Crippen LogP contribution in [-0.2, 0) is 0 Å². The average molecular weight is 221 g/mol. The Hall–Kier alpha value is -2.74. The van der Waals surface area contributed by atoms with Crippen LogP contribution in [0.2, 0.25) is 0 Å². The normalized spacial score (nSPS) is 10.3. The van der Waals surface area contributed by atoms with Crippen molar-refractivity contribution < 1.29 is 0 Å². The third kappa shape index (κ3) is 1.43. The molecule has 3 rings (SSSR count). The first kappa shape index (κ1) is 9.48. The van der Waals surface area contributed by atoms with Gasteiger partial charge in [0, 0.05) is 11.8 Å². The van der Waals surface area contributed by atoms with E-state index in [9.17, 15) is 0 Å². The highest BCUT2D eigenvalue weighted by Gasteiger charge is 2.09. The maximum Gasteiger partial charge on any atom is 0.164 e. The summed E-state index contributed by atoms with van der Waals surface area (Å²) in [7, 11) is 0. The lowest BCUT2D eigenvalue weighted by atomic mass is 10.1.